The van der Waals surface area contributed by atoms with Gasteiger partial charge in [-0.1, -0.05) is 24.3 Å². The molecule has 0 atom stereocenters. The summed E-state index contributed by atoms with van der Waals surface area (Å²) in [7, 11) is 0. The van der Waals surface area contributed by atoms with E-state index < -0.39 is 17.6 Å². The molecule has 2 amide bonds. The van der Waals surface area contributed by atoms with Gasteiger partial charge in [-0.05, 0) is 55.0 Å². The number of hydrogen-bond acceptors (Lipinski definition) is 4. The van der Waals surface area contributed by atoms with Crippen molar-refractivity contribution in [3.05, 3.63) is 83.7 Å². The minimum Gasteiger partial charge on any atom is -0.344 e. The van der Waals surface area contributed by atoms with E-state index in [2.05, 4.69) is 21.7 Å². The van der Waals surface area contributed by atoms with E-state index in [0.717, 1.165) is 20.8 Å². The zero-order chi connectivity index (χ0) is 21.1. The predicted molar refractivity (Wildman–Crippen MR) is 117 cm³/mol. The Morgan fingerprint density at radius 3 is 2.53 bits per heavy atom. The first-order valence-electron chi connectivity index (χ1n) is 9.30. The van der Waals surface area contributed by atoms with Crippen molar-refractivity contribution in [2.75, 3.05) is 5.32 Å². The summed E-state index contributed by atoms with van der Waals surface area (Å²) in [6, 6.07) is 19.3. The number of aromatic nitrogens is 1. The molecule has 0 aliphatic carbocycles. The second kappa shape index (κ2) is 8.42. The highest BCUT2D eigenvalue weighted by atomic mass is 32.1. The number of carbonyl (C=O) groups is 2. The number of nitrogens with one attached hydrogen (secondary N) is 2. The molecule has 0 radical (unpaired) electrons. The van der Waals surface area contributed by atoms with Crippen molar-refractivity contribution in [1.29, 1.82) is 0 Å². The summed E-state index contributed by atoms with van der Waals surface area (Å²) >= 11 is 1.60. The summed E-state index contributed by atoms with van der Waals surface area (Å²) in [5, 5.41) is 5.85. The van der Waals surface area contributed by atoms with Gasteiger partial charge in [0.15, 0.2) is 0 Å². The molecule has 0 saturated heterocycles. The summed E-state index contributed by atoms with van der Waals surface area (Å²) in [6.07, 6.45) is 0. The maximum absolute atomic E-state index is 13.6. The lowest BCUT2D eigenvalue weighted by atomic mass is 10.2. The van der Waals surface area contributed by atoms with Gasteiger partial charge in [-0.15, -0.1) is 11.3 Å². The average molecular weight is 419 g/mol. The Bertz CT molecular complexity index is 1230. The average Bonchev–Trinajstić information content (AvgIpc) is 3.16. The van der Waals surface area contributed by atoms with Crippen LogP contribution in [0.1, 0.15) is 11.1 Å². The predicted octanol–water partition coefficient (Wildman–Crippen LogP) is 4.67. The Morgan fingerprint density at radius 1 is 1.00 bits per heavy atom. The van der Waals surface area contributed by atoms with E-state index in [1.807, 2.05) is 31.2 Å². The summed E-state index contributed by atoms with van der Waals surface area (Å²) in [4.78, 5) is 28.7. The Morgan fingerprint density at radius 2 is 1.77 bits per heavy atom. The topological polar surface area (TPSA) is 71.1 Å². The highest BCUT2D eigenvalue weighted by molar-refractivity contribution is 7.21. The number of rotatable bonds is 4. The minimum absolute atomic E-state index is 0.0606. The van der Waals surface area contributed by atoms with Crippen molar-refractivity contribution >= 4 is 39.1 Å². The first-order chi connectivity index (χ1) is 14.5. The summed E-state index contributed by atoms with van der Waals surface area (Å²) in [6.45, 7) is 1.98. The van der Waals surface area contributed by atoms with Crippen LogP contribution in [-0.4, -0.2) is 16.8 Å². The SMILES string of the molecule is Cc1ccc2nc(-c3ccc(NC(=O)C(=O)NCc4ccccc4F)cc3)sc2c1. The molecule has 0 spiro atoms. The molecule has 3 aromatic carbocycles. The van der Waals surface area contributed by atoms with E-state index in [1.165, 1.54) is 11.6 Å². The Hall–Kier alpha value is -3.58. The number of carbonyl (C=O) groups excluding carboxylic acids is 2. The fourth-order valence-electron chi connectivity index (χ4n) is 2.94. The van der Waals surface area contributed by atoms with Gasteiger partial charge in [0.25, 0.3) is 0 Å². The second-order valence-electron chi connectivity index (χ2n) is 6.80. The van der Waals surface area contributed by atoms with Crippen molar-refractivity contribution in [2.24, 2.45) is 0 Å². The van der Waals surface area contributed by atoms with Crippen molar-refractivity contribution in [3.8, 4) is 10.6 Å². The minimum atomic E-state index is -0.830. The summed E-state index contributed by atoms with van der Waals surface area (Å²) in [5.74, 6) is -2.07. The molecule has 30 heavy (non-hydrogen) atoms. The van der Waals surface area contributed by atoms with Crippen molar-refractivity contribution in [3.63, 3.8) is 0 Å². The molecule has 0 aliphatic heterocycles. The molecular weight excluding hydrogens is 401 g/mol. The van der Waals surface area contributed by atoms with E-state index in [9.17, 15) is 14.0 Å². The normalized spacial score (nSPS) is 10.7. The lowest BCUT2D eigenvalue weighted by Crippen LogP contribution is -2.35. The molecule has 0 saturated carbocycles. The van der Waals surface area contributed by atoms with Crippen LogP contribution in [0, 0.1) is 12.7 Å². The maximum atomic E-state index is 13.6. The molecule has 7 heteroatoms. The largest absolute Gasteiger partial charge is 0.344 e. The second-order valence-corrected chi connectivity index (χ2v) is 7.83. The number of benzene rings is 3. The molecule has 2 N–H and O–H groups in total. The number of nitrogens with zero attached hydrogens (tertiary/aromatic N) is 1. The summed E-state index contributed by atoms with van der Waals surface area (Å²) < 4.78 is 14.7. The molecule has 1 heterocycles. The van der Waals surface area contributed by atoms with Crippen LogP contribution in [0.5, 0.6) is 0 Å². The van der Waals surface area contributed by atoms with Gasteiger partial charge in [0.2, 0.25) is 0 Å². The van der Waals surface area contributed by atoms with Crippen LogP contribution in [0.15, 0.2) is 66.7 Å². The van der Waals surface area contributed by atoms with Crippen LogP contribution in [0.25, 0.3) is 20.8 Å². The van der Waals surface area contributed by atoms with Crippen LogP contribution < -0.4 is 10.6 Å². The number of fused-ring (bicyclic) bond motifs is 1. The number of hydrogen-bond donors (Lipinski definition) is 2. The van der Waals surface area contributed by atoms with Crippen LogP contribution in [0.2, 0.25) is 0 Å². The van der Waals surface area contributed by atoms with Gasteiger partial charge in [-0.2, -0.15) is 0 Å². The van der Waals surface area contributed by atoms with Crippen LogP contribution in [0.4, 0.5) is 10.1 Å². The van der Waals surface area contributed by atoms with Gasteiger partial charge >= 0.3 is 11.8 Å². The maximum Gasteiger partial charge on any atom is 0.313 e. The lowest BCUT2D eigenvalue weighted by molar-refractivity contribution is -0.136. The quantitative estimate of drug-likeness (QED) is 0.473. The molecule has 0 fully saturated rings. The Balaban J connectivity index is 1.39. The first-order valence-corrected chi connectivity index (χ1v) is 10.1. The van der Waals surface area contributed by atoms with E-state index in [0.29, 0.717) is 11.3 Å². The first kappa shape index (κ1) is 19.7. The standard InChI is InChI=1S/C23H18FN3O2S/c1-14-6-11-19-20(12-14)30-23(27-19)15-7-9-17(10-8-15)26-22(29)21(28)25-13-16-4-2-3-5-18(16)24/h2-12H,13H2,1H3,(H,25,28)(H,26,29). The molecular formula is C23H18FN3O2S. The number of anilines is 1. The third-order valence-electron chi connectivity index (χ3n) is 4.54. The van der Waals surface area contributed by atoms with Gasteiger partial charge in [0.1, 0.15) is 10.8 Å². The third kappa shape index (κ3) is 4.36. The van der Waals surface area contributed by atoms with E-state index in [-0.39, 0.29) is 6.54 Å². The fraction of sp³-hybridized carbons (Fsp3) is 0.0870. The van der Waals surface area contributed by atoms with Crippen LogP contribution in [0.3, 0.4) is 0 Å². The van der Waals surface area contributed by atoms with Gasteiger partial charge < -0.3 is 10.6 Å². The number of halogens is 1. The highest BCUT2D eigenvalue weighted by Crippen LogP contribution is 2.31. The molecule has 0 bridgehead atoms. The van der Waals surface area contributed by atoms with Crippen LogP contribution in [-0.2, 0) is 16.1 Å². The van der Waals surface area contributed by atoms with Crippen LogP contribution >= 0.6 is 11.3 Å². The van der Waals surface area contributed by atoms with E-state index in [1.54, 1.807) is 41.7 Å². The Kier molecular flexibility index (Phi) is 5.54. The van der Waals surface area contributed by atoms with E-state index >= 15 is 0 Å². The molecule has 4 aromatic rings. The van der Waals surface area contributed by atoms with E-state index in [4.69, 9.17) is 0 Å². The third-order valence-corrected chi connectivity index (χ3v) is 5.60. The number of thiazole rings is 1. The Labute approximate surface area is 176 Å². The van der Waals surface area contributed by atoms with Gasteiger partial charge in [0.05, 0.1) is 10.2 Å². The molecule has 150 valence electrons. The monoisotopic (exact) mass is 419 g/mol. The van der Waals surface area contributed by atoms with Gasteiger partial charge in [-0.3, -0.25) is 9.59 Å². The van der Waals surface area contributed by atoms with Crippen molar-refractivity contribution < 1.29 is 14.0 Å². The van der Waals surface area contributed by atoms with Crippen molar-refractivity contribution in [2.45, 2.75) is 13.5 Å². The smallest absolute Gasteiger partial charge is 0.313 e. The molecule has 0 aliphatic rings. The molecule has 4 rings (SSSR count). The number of amides is 2. The highest BCUT2D eigenvalue weighted by Gasteiger charge is 2.14. The zero-order valence-corrected chi connectivity index (χ0v) is 16.9. The van der Waals surface area contributed by atoms with Crippen molar-refractivity contribution in [1.82, 2.24) is 10.3 Å². The summed E-state index contributed by atoms with van der Waals surface area (Å²) in [5.41, 5.74) is 3.86. The lowest BCUT2D eigenvalue weighted by Gasteiger charge is -2.07. The van der Waals surface area contributed by atoms with Gasteiger partial charge in [0, 0.05) is 23.4 Å². The molecule has 0 unspecified atom stereocenters. The molecule has 5 nitrogen and oxygen atoms in total. The zero-order valence-electron chi connectivity index (χ0n) is 16.1. The number of aryl methyl sites for hydroxylation is 1. The molecule has 1 aromatic heterocycles. The fourth-order valence-corrected chi connectivity index (χ4v) is 4.01. The van der Waals surface area contributed by atoms with Gasteiger partial charge in [-0.25, -0.2) is 9.37 Å².